The molecular weight excluding hydrogens is 276 g/mol. The van der Waals surface area contributed by atoms with Gasteiger partial charge >= 0.3 is 0 Å². The predicted molar refractivity (Wildman–Crippen MR) is 86.7 cm³/mol. The minimum absolute atomic E-state index is 0.00543. The van der Waals surface area contributed by atoms with Crippen LogP contribution in [-0.2, 0) is 18.3 Å². The number of aromatic nitrogens is 2. The summed E-state index contributed by atoms with van der Waals surface area (Å²) in [7, 11) is 1.96. The van der Waals surface area contributed by atoms with Crippen LogP contribution < -0.4 is 10.6 Å². The molecule has 1 aromatic heterocycles. The number of aryl methyl sites for hydroxylation is 2. The summed E-state index contributed by atoms with van der Waals surface area (Å²) in [6.07, 6.45) is 5.47. The lowest BCUT2D eigenvalue weighted by Crippen LogP contribution is -2.49. The zero-order valence-electron chi connectivity index (χ0n) is 14.1. The molecule has 1 amide bonds. The molecule has 2 aliphatic heterocycles. The smallest absolute Gasteiger partial charge is 0.223 e. The maximum atomic E-state index is 12.5. The lowest BCUT2D eigenvalue weighted by atomic mass is 9.96. The number of carbonyl (C=O) groups excluding carboxylic acids is 1. The van der Waals surface area contributed by atoms with Crippen molar-refractivity contribution in [3.63, 3.8) is 0 Å². The van der Waals surface area contributed by atoms with Crippen LogP contribution in [0.1, 0.15) is 49.6 Å². The molecule has 5 nitrogen and oxygen atoms in total. The number of rotatable bonds is 4. The lowest BCUT2D eigenvalue weighted by Gasteiger charge is -2.30. The molecule has 5 heteroatoms. The Bertz CT molecular complexity index is 553. The van der Waals surface area contributed by atoms with Crippen LogP contribution in [0.5, 0.6) is 0 Å². The van der Waals surface area contributed by atoms with E-state index in [1.54, 1.807) is 0 Å². The van der Waals surface area contributed by atoms with E-state index < -0.39 is 0 Å². The first-order valence-electron chi connectivity index (χ1n) is 8.49. The van der Waals surface area contributed by atoms with Gasteiger partial charge in [0, 0.05) is 36.8 Å². The van der Waals surface area contributed by atoms with Crippen LogP contribution >= 0.6 is 0 Å². The monoisotopic (exact) mass is 304 g/mol. The molecule has 3 atom stereocenters. The fourth-order valence-electron chi connectivity index (χ4n) is 4.03. The van der Waals surface area contributed by atoms with Crippen LogP contribution in [0, 0.1) is 19.8 Å². The van der Waals surface area contributed by atoms with Crippen LogP contribution in [0.2, 0.25) is 0 Å². The Kier molecular flexibility index (Phi) is 4.26. The molecule has 0 aromatic carbocycles. The maximum absolute atomic E-state index is 12.5. The van der Waals surface area contributed by atoms with E-state index in [1.807, 2.05) is 25.6 Å². The molecule has 3 unspecified atom stereocenters. The van der Waals surface area contributed by atoms with Gasteiger partial charge in [-0.1, -0.05) is 6.92 Å². The molecule has 2 N–H and O–H groups in total. The van der Waals surface area contributed by atoms with Gasteiger partial charge in [-0.15, -0.1) is 0 Å². The Morgan fingerprint density at radius 1 is 1.36 bits per heavy atom. The zero-order valence-corrected chi connectivity index (χ0v) is 14.1. The van der Waals surface area contributed by atoms with Gasteiger partial charge < -0.3 is 10.6 Å². The largest absolute Gasteiger partial charge is 0.353 e. The fourth-order valence-corrected chi connectivity index (χ4v) is 4.03. The lowest BCUT2D eigenvalue weighted by molar-refractivity contribution is -0.125. The molecule has 2 bridgehead atoms. The summed E-state index contributed by atoms with van der Waals surface area (Å²) in [5.74, 6) is 0.183. The highest BCUT2D eigenvalue weighted by Crippen LogP contribution is 2.27. The number of fused-ring (bicyclic) bond motifs is 2. The van der Waals surface area contributed by atoms with Crippen molar-refractivity contribution in [2.24, 2.45) is 13.0 Å². The highest BCUT2D eigenvalue weighted by Gasteiger charge is 2.34. The third-order valence-corrected chi connectivity index (χ3v) is 5.44. The number of amides is 1. The first-order chi connectivity index (χ1) is 10.4. The number of hydrogen-bond donors (Lipinski definition) is 2. The number of hydrogen-bond acceptors (Lipinski definition) is 3. The average molecular weight is 304 g/mol. The van der Waals surface area contributed by atoms with E-state index in [2.05, 4.69) is 22.7 Å². The Hall–Kier alpha value is -1.36. The van der Waals surface area contributed by atoms with E-state index in [0.717, 1.165) is 30.7 Å². The fraction of sp³-hybridized carbons (Fsp3) is 0.765. The van der Waals surface area contributed by atoms with Gasteiger partial charge in [0.05, 0.1) is 5.69 Å². The molecule has 2 saturated heterocycles. The van der Waals surface area contributed by atoms with Crippen molar-refractivity contribution in [3.8, 4) is 0 Å². The summed E-state index contributed by atoms with van der Waals surface area (Å²) >= 11 is 0. The summed E-state index contributed by atoms with van der Waals surface area (Å²) < 4.78 is 1.90. The second-order valence-corrected chi connectivity index (χ2v) is 7.19. The van der Waals surface area contributed by atoms with Crippen molar-refractivity contribution in [1.29, 1.82) is 0 Å². The number of nitrogens with one attached hydrogen (secondary N) is 2. The molecule has 2 aliphatic rings. The van der Waals surface area contributed by atoms with Crippen molar-refractivity contribution < 1.29 is 4.79 Å². The molecule has 0 radical (unpaired) electrons. The summed E-state index contributed by atoms with van der Waals surface area (Å²) in [4.78, 5) is 12.5. The Morgan fingerprint density at radius 3 is 2.55 bits per heavy atom. The zero-order chi connectivity index (χ0) is 15.9. The molecule has 2 fully saturated rings. The Morgan fingerprint density at radius 2 is 2.00 bits per heavy atom. The molecule has 122 valence electrons. The van der Waals surface area contributed by atoms with Crippen molar-refractivity contribution in [2.75, 3.05) is 0 Å². The van der Waals surface area contributed by atoms with Gasteiger partial charge in [0.25, 0.3) is 0 Å². The van der Waals surface area contributed by atoms with Crippen LogP contribution in [0.25, 0.3) is 0 Å². The molecule has 0 saturated carbocycles. The molecule has 3 rings (SSSR count). The van der Waals surface area contributed by atoms with Gasteiger partial charge in [-0.05, 0) is 51.5 Å². The summed E-state index contributed by atoms with van der Waals surface area (Å²) in [6.45, 7) is 6.12. The minimum atomic E-state index is -0.00543. The van der Waals surface area contributed by atoms with Gasteiger partial charge in [0.1, 0.15) is 0 Å². The van der Waals surface area contributed by atoms with Crippen LogP contribution in [0.3, 0.4) is 0 Å². The number of carbonyl (C=O) groups is 1. The summed E-state index contributed by atoms with van der Waals surface area (Å²) in [5, 5.41) is 11.3. The highest BCUT2D eigenvalue weighted by molar-refractivity contribution is 5.79. The molecule has 1 aromatic rings. The van der Waals surface area contributed by atoms with Crippen LogP contribution in [-0.4, -0.2) is 33.8 Å². The third-order valence-electron chi connectivity index (χ3n) is 5.44. The predicted octanol–water partition coefficient (Wildman–Crippen LogP) is 1.61. The molecular formula is C17H28N4O. The first-order valence-corrected chi connectivity index (χ1v) is 8.49. The second kappa shape index (κ2) is 6.03. The number of nitrogens with zero attached hydrogens (tertiary/aromatic N) is 2. The van der Waals surface area contributed by atoms with Crippen LogP contribution in [0.4, 0.5) is 0 Å². The minimum Gasteiger partial charge on any atom is -0.353 e. The first kappa shape index (κ1) is 15.5. The van der Waals surface area contributed by atoms with E-state index in [0.29, 0.717) is 18.1 Å². The SMILES string of the molecule is Cc1nn(C)c(C)c1CC(C)C(=O)NC1CC2CCC(C1)N2. The summed E-state index contributed by atoms with van der Waals surface area (Å²) in [6, 6.07) is 1.58. The van der Waals surface area contributed by atoms with E-state index in [4.69, 9.17) is 0 Å². The van der Waals surface area contributed by atoms with Gasteiger partial charge in [-0.25, -0.2) is 0 Å². The average Bonchev–Trinajstić information content (AvgIpc) is 2.92. The molecule has 3 heterocycles. The van der Waals surface area contributed by atoms with Gasteiger partial charge in [-0.2, -0.15) is 5.10 Å². The maximum Gasteiger partial charge on any atom is 0.223 e. The number of piperidine rings is 1. The Labute approximate surface area is 132 Å². The Balaban J connectivity index is 1.58. The second-order valence-electron chi connectivity index (χ2n) is 7.19. The van der Waals surface area contributed by atoms with Crippen molar-refractivity contribution in [1.82, 2.24) is 20.4 Å². The topological polar surface area (TPSA) is 59.0 Å². The van der Waals surface area contributed by atoms with E-state index in [1.165, 1.54) is 18.4 Å². The molecule has 0 spiro atoms. The van der Waals surface area contributed by atoms with Gasteiger partial charge in [0.2, 0.25) is 5.91 Å². The van der Waals surface area contributed by atoms with Crippen molar-refractivity contribution >= 4 is 5.91 Å². The van der Waals surface area contributed by atoms with Crippen molar-refractivity contribution in [2.45, 2.75) is 71.0 Å². The third kappa shape index (κ3) is 3.05. The highest BCUT2D eigenvalue weighted by atomic mass is 16.1. The van der Waals surface area contributed by atoms with E-state index in [-0.39, 0.29) is 11.8 Å². The van der Waals surface area contributed by atoms with Gasteiger partial charge in [-0.3, -0.25) is 9.48 Å². The van der Waals surface area contributed by atoms with Crippen molar-refractivity contribution in [3.05, 3.63) is 17.0 Å². The van der Waals surface area contributed by atoms with E-state index in [9.17, 15) is 4.79 Å². The molecule has 22 heavy (non-hydrogen) atoms. The van der Waals surface area contributed by atoms with E-state index >= 15 is 0 Å². The summed E-state index contributed by atoms with van der Waals surface area (Å²) in [5.41, 5.74) is 3.42. The standard InChI is InChI=1S/C17H28N4O/c1-10(7-16-11(2)20-21(4)12(16)3)17(22)19-15-8-13-5-6-14(9-15)18-13/h10,13-15,18H,5-9H2,1-4H3,(H,19,22). The van der Waals surface area contributed by atoms with Crippen LogP contribution in [0.15, 0.2) is 0 Å². The quantitative estimate of drug-likeness (QED) is 0.888. The normalized spacial score (nSPS) is 28.6. The van der Waals surface area contributed by atoms with Gasteiger partial charge in [0.15, 0.2) is 0 Å². The molecule has 0 aliphatic carbocycles.